The summed E-state index contributed by atoms with van der Waals surface area (Å²) in [6.45, 7) is 1.78. The number of aromatic nitrogens is 2. The van der Waals surface area contributed by atoms with E-state index in [-0.39, 0.29) is 23.8 Å². The fourth-order valence-electron chi connectivity index (χ4n) is 3.02. The second kappa shape index (κ2) is 9.48. The van der Waals surface area contributed by atoms with Crippen molar-refractivity contribution in [1.29, 1.82) is 5.26 Å². The van der Waals surface area contributed by atoms with Crippen molar-refractivity contribution >= 4 is 40.0 Å². The molecular weight excluding hydrogens is 398 g/mol. The lowest BCUT2D eigenvalue weighted by atomic mass is 10.1. The van der Waals surface area contributed by atoms with E-state index in [0.717, 1.165) is 16.1 Å². The van der Waals surface area contributed by atoms with Gasteiger partial charge in [-0.2, -0.15) is 5.26 Å². The average Bonchev–Trinajstić information content (AvgIpc) is 3.17. The summed E-state index contributed by atoms with van der Waals surface area (Å²) in [5.41, 5.74) is 2.29. The van der Waals surface area contributed by atoms with Crippen molar-refractivity contribution in [3.63, 3.8) is 0 Å². The smallest absolute Gasteiger partial charge is 0.238 e. The minimum Gasteiger partial charge on any atom is -0.509 e. The van der Waals surface area contributed by atoms with Crippen molar-refractivity contribution in [2.24, 2.45) is 0 Å². The monoisotopic (exact) mass is 421 g/mol. The lowest BCUT2D eigenvalue weighted by molar-refractivity contribution is -0.117. The van der Waals surface area contributed by atoms with Crippen LogP contribution >= 0.6 is 11.8 Å². The van der Waals surface area contributed by atoms with Gasteiger partial charge in [-0.25, -0.2) is 4.98 Å². The van der Waals surface area contributed by atoms with Crippen molar-refractivity contribution in [1.82, 2.24) is 14.9 Å². The van der Waals surface area contributed by atoms with Crippen molar-refractivity contribution in [3.8, 4) is 6.07 Å². The summed E-state index contributed by atoms with van der Waals surface area (Å²) in [6, 6.07) is 16.4. The van der Waals surface area contributed by atoms with Crippen LogP contribution in [0.25, 0.3) is 16.6 Å². The van der Waals surface area contributed by atoms with Gasteiger partial charge in [0.25, 0.3) is 0 Å². The van der Waals surface area contributed by atoms with Crippen LogP contribution in [0, 0.1) is 11.3 Å². The molecular formula is C22H23N5O2S. The Bertz CT molecular complexity index is 1100. The quantitative estimate of drug-likeness (QED) is 0.302. The summed E-state index contributed by atoms with van der Waals surface area (Å²) < 4.78 is 0. The number of nitriles is 1. The number of hydrogen-bond acceptors (Lipinski definition) is 6. The molecule has 8 heteroatoms. The van der Waals surface area contributed by atoms with Gasteiger partial charge in [-0.15, -0.1) is 11.8 Å². The molecule has 0 unspecified atom stereocenters. The van der Waals surface area contributed by atoms with Crippen LogP contribution in [0.2, 0.25) is 0 Å². The number of thioether (sulfide) groups is 1. The Kier molecular flexibility index (Phi) is 6.77. The minimum absolute atomic E-state index is 0.0484. The highest BCUT2D eigenvalue weighted by Crippen LogP contribution is 2.25. The number of nitrogens with zero attached hydrogens (tertiary/aromatic N) is 3. The molecule has 154 valence electrons. The van der Waals surface area contributed by atoms with Gasteiger partial charge in [-0.3, -0.25) is 9.69 Å². The second-order valence-corrected chi connectivity index (χ2v) is 7.66. The Morgan fingerprint density at radius 3 is 2.70 bits per heavy atom. The predicted molar refractivity (Wildman–Crippen MR) is 120 cm³/mol. The number of likely N-dealkylation sites (N-methyl/N-ethyl adjacent to an activating group) is 1. The number of rotatable bonds is 7. The van der Waals surface area contributed by atoms with Gasteiger partial charge in [0, 0.05) is 4.90 Å². The zero-order valence-electron chi connectivity index (χ0n) is 17.0. The zero-order valence-corrected chi connectivity index (χ0v) is 17.8. The van der Waals surface area contributed by atoms with Crippen LogP contribution in [0.1, 0.15) is 12.7 Å². The number of para-hydroxylation sites is 3. The average molecular weight is 422 g/mol. The van der Waals surface area contributed by atoms with Crippen molar-refractivity contribution < 1.29 is 9.90 Å². The van der Waals surface area contributed by atoms with Gasteiger partial charge in [0.15, 0.2) is 5.82 Å². The summed E-state index contributed by atoms with van der Waals surface area (Å²) in [5, 5.41) is 23.2. The number of benzene rings is 2. The number of H-pyrrole nitrogens is 1. The molecule has 0 aliphatic rings. The van der Waals surface area contributed by atoms with E-state index in [1.807, 2.05) is 60.9 Å². The number of aromatic amines is 1. The van der Waals surface area contributed by atoms with Crippen LogP contribution in [0.5, 0.6) is 0 Å². The molecule has 1 aromatic heterocycles. The van der Waals surface area contributed by atoms with Crippen molar-refractivity contribution in [2.45, 2.75) is 17.9 Å². The number of amides is 1. The number of imidazole rings is 1. The van der Waals surface area contributed by atoms with Gasteiger partial charge in [-0.1, -0.05) is 24.3 Å². The number of aliphatic hydroxyl groups excluding tert-OH is 1. The number of carbonyl (C=O) groups excluding carboxylic acids is 1. The van der Waals surface area contributed by atoms with Crippen molar-refractivity contribution in [3.05, 3.63) is 60.1 Å². The first-order valence-corrected chi connectivity index (χ1v) is 10.6. The molecule has 0 saturated heterocycles. The van der Waals surface area contributed by atoms with E-state index in [0.29, 0.717) is 11.3 Å². The maximum atomic E-state index is 12.5. The molecule has 3 aromatic rings. The second-order valence-electron chi connectivity index (χ2n) is 6.81. The molecule has 0 radical (unpaired) electrons. The van der Waals surface area contributed by atoms with E-state index in [1.54, 1.807) is 30.6 Å². The van der Waals surface area contributed by atoms with Crippen LogP contribution in [-0.2, 0) is 4.79 Å². The highest BCUT2D eigenvalue weighted by atomic mass is 32.2. The first-order valence-electron chi connectivity index (χ1n) is 9.36. The molecule has 7 nitrogen and oxygen atoms in total. The third-order valence-electron chi connectivity index (χ3n) is 4.83. The Hall–Kier alpha value is -3.28. The van der Waals surface area contributed by atoms with E-state index in [2.05, 4.69) is 15.3 Å². The number of aliphatic hydroxyl groups is 1. The number of fused-ring (bicyclic) bond motifs is 1. The molecule has 0 bridgehead atoms. The topological polar surface area (TPSA) is 105 Å². The van der Waals surface area contributed by atoms with Gasteiger partial charge in [0.2, 0.25) is 5.91 Å². The summed E-state index contributed by atoms with van der Waals surface area (Å²) >= 11 is 1.55. The summed E-state index contributed by atoms with van der Waals surface area (Å²) in [7, 11) is 1.72. The Labute approximate surface area is 179 Å². The molecule has 0 aliphatic carbocycles. The minimum atomic E-state index is -0.561. The molecule has 2 aromatic carbocycles. The Balaban J connectivity index is 1.75. The molecule has 1 atom stereocenters. The van der Waals surface area contributed by atoms with Gasteiger partial charge >= 0.3 is 0 Å². The molecule has 0 fully saturated rings. The number of anilines is 1. The van der Waals surface area contributed by atoms with Gasteiger partial charge in [-0.05, 0) is 44.5 Å². The van der Waals surface area contributed by atoms with Gasteiger partial charge < -0.3 is 15.4 Å². The summed E-state index contributed by atoms with van der Waals surface area (Å²) in [4.78, 5) is 22.6. The molecule has 1 amide bonds. The largest absolute Gasteiger partial charge is 0.509 e. The summed E-state index contributed by atoms with van der Waals surface area (Å²) in [6.07, 6.45) is 1.95. The first kappa shape index (κ1) is 21.4. The van der Waals surface area contributed by atoms with E-state index >= 15 is 0 Å². The molecule has 30 heavy (non-hydrogen) atoms. The maximum Gasteiger partial charge on any atom is 0.238 e. The normalized spacial score (nSPS) is 13.0. The van der Waals surface area contributed by atoms with Gasteiger partial charge in [0.1, 0.15) is 17.4 Å². The molecule has 0 saturated carbocycles. The fraction of sp³-hybridized carbons (Fsp3) is 0.227. The first-order chi connectivity index (χ1) is 14.4. The maximum absolute atomic E-state index is 12.5. The van der Waals surface area contributed by atoms with E-state index < -0.39 is 6.04 Å². The molecule has 3 rings (SSSR count). The predicted octanol–water partition coefficient (Wildman–Crippen LogP) is 4.04. The lowest BCUT2D eigenvalue weighted by Crippen LogP contribution is -2.37. The number of carbonyl (C=O) groups is 1. The van der Waals surface area contributed by atoms with Crippen LogP contribution in [0.15, 0.2) is 59.2 Å². The third-order valence-corrected chi connectivity index (χ3v) is 5.62. The van der Waals surface area contributed by atoms with Crippen LogP contribution in [0.3, 0.4) is 0 Å². The lowest BCUT2D eigenvalue weighted by Gasteiger charge is -2.24. The zero-order chi connectivity index (χ0) is 21.7. The Morgan fingerprint density at radius 2 is 2.00 bits per heavy atom. The van der Waals surface area contributed by atoms with Crippen molar-refractivity contribution in [2.75, 3.05) is 25.2 Å². The molecule has 1 heterocycles. The standard InChI is InChI=1S/C22H23N5O2S/c1-14(27(2)13-20(28)24-18-10-6-7-11-19(18)30-3)21(29)15(12-23)22-25-16-8-4-5-9-17(16)26-22/h4-11,14,29H,13H2,1-3H3,(H,24,28)(H,25,26)/b21-15-/t14-/m1/s1. The van der Waals surface area contributed by atoms with E-state index in [1.165, 1.54) is 0 Å². The number of hydrogen-bond donors (Lipinski definition) is 3. The van der Waals surface area contributed by atoms with Gasteiger partial charge in [0.05, 0.1) is 29.3 Å². The highest BCUT2D eigenvalue weighted by molar-refractivity contribution is 7.98. The number of nitrogens with one attached hydrogen (secondary N) is 2. The van der Waals surface area contributed by atoms with Crippen LogP contribution in [-0.4, -0.2) is 51.8 Å². The van der Waals surface area contributed by atoms with E-state index in [9.17, 15) is 15.2 Å². The summed E-state index contributed by atoms with van der Waals surface area (Å²) in [5.74, 6) is -0.0490. The fourth-order valence-corrected chi connectivity index (χ4v) is 3.58. The molecule has 0 spiro atoms. The van der Waals surface area contributed by atoms with Crippen LogP contribution < -0.4 is 5.32 Å². The molecule has 3 N–H and O–H groups in total. The molecule has 0 aliphatic heterocycles. The number of allylic oxidation sites excluding steroid dienone is 1. The highest BCUT2D eigenvalue weighted by Gasteiger charge is 2.22. The third kappa shape index (κ3) is 4.64. The Morgan fingerprint density at radius 1 is 1.30 bits per heavy atom. The SMILES string of the molecule is CSc1ccccc1NC(=O)CN(C)[C@H](C)/C(O)=C(\C#N)c1nc2ccccc2[nH]1. The van der Waals surface area contributed by atoms with E-state index in [4.69, 9.17) is 0 Å². The van der Waals surface area contributed by atoms with Crippen LogP contribution in [0.4, 0.5) is 5.69 Å².